The van der Waals surface area contributed by atoms with Crippen molar-refractivity contribution in [2.75, 3.05) is 5.32 Å². The smallest absolute Gasteiger partial charge is 0.266 e. The van der Waals surface area contributed by atoms with E-state index in [-0.39, 0.29) is 5.91 Å². The maximum atomic E-state index is 12.4. The summed E-state index contributed by atoms with van der Waals surface area (Å²) in [5.41, 5.74) is 3.20. The quantitative estimate of drug-likeness (QED) is 0.712. The van der Waals surface area contributed by atoms with Crippen LogP contribution in [0.3, 0.4) is 0 Å². The van der Waals surface area contributed by atoms with E-state index in [1.165, 1.54) is 16.9 Å². The molecule has 1 aromatic carbocycles. The second-order valence-corrected chi connectivity index (χ2v) is 6.77. The van der Waals surface area contributed by atoms with Gasteiger partial charge in [-0.1, -0.05) is 17.7 Å². The predicted molar refractivity (Wildman–Crippen MR) is 100 cm³/mol. The van der Waals surface area contributed by atoms with Crippen LogP contribution in [0, 0.1) is 13.8 Å². The van der Waals surface area contributed by atoms with E-state index in [1.54, 1.807) is 0 Å². The zero-order valence-electron chi connectivity index (χ0n) is 14.6. The average molecular weight is 355 g/mol. The molecule has 0 atom stereocenters. The Labute approximate surface area is 151 Å². The van der Waals surface area contributed by atoms with Crippen molar-refractivity contribution in [3.63, 3.8) is 0 Å². The summed E-state index contributed by atoms with van der Waals surface area (Å²) < 4.78 is 7.60. The number of hydrogen-bond acceptors (Lipinski definition) is 4. The van der Waals surface area contributed by atoms with Gasteiger partial charge in [0.25, 0.3) is 5.91 Å². The van der Waals surface area contributed by atoms with Crippen molar-refractivity contribution in [2.24, 2.45) is 0 Å². The molecule has 0 radical (unpaired) electrons. The summed E-state index contributed by atoms with van der Waals surface area (Å²) in [5, 5.41) is 9.14. The highest BCUT2D eigenvalue weighted by Gasteiger charge is 2.12. The van der Waals surface area contributed by atoms with Crippen LogP contribution in [0.15, 0.2) is 41.8 Å². The lowest BCUT2D eigenvalue weighted by Gasteiger charge is -2.04. The molecule has 0 spiro atoms. The summed E-state index contributed by atoms with van der Waals surface area (Å²) in [4.78, 5) is 13.0. The molecule has 3 aromatic rings. The van der Waals surface area contributed by atoms with Gasteiger partial charge in [0.2, 0.25) is 0 Å². The lowest BCUT2D eigenvalue weighted by molar-refractivity contribution is 0.103. The molecule has 0 aliphatic rings. The number of nitrogens with one attached hydrogen (secondary N) is 1. The minimum atomic E-state index is -0.146. The first-order valence-corrected chi connectivity index (χ1v) is 9.06. The van der Waals surface area contributed by atoms with E-state index in [4.69, 9.17) is 4.74 Å². The molecule has 0 fully saturated rings. The van der Waals surface area contributed by atoms with Gasteiger partial charge in [-0.3, -0.25) is 9.48 Å². The normalized spacial score (nSPS) is 10.7. The van der Waals surface area contributed by atoms with Gasteiger partial charge in [0, 0.05) is 23.9 Å². The van der Waals surface area contributed by atoms with Crippen molar-refractivity contribution in [3.8, 4) is 5.75 Å². The monoisotopic (exact) mass is 355 g/mol. The summed E-state index contributed by atoms with van der Waals surface area (Å²) in [5.74, 6) is 1.26. The molecule has 2 heterocycles. The number of carbonyl (C=O) groups is 1. The van der Waals surface area contributed by atoms with Crippen LogP contribution < -0.4 is 10.1 Å². The maximum absolute atomic E-state index is 12.4. The Bertz CT molecular complexity index is 865. The lowest BCUT2D eigenvalue weighted by atomic mass is 10.2. The molecule has 0 aliphatic carbocycles. The minimum Gasteiger partial charge on any atom is -0.489 e. The standard InChI is InChI=1S/C19H21N3O2S/c1-4-22-14(3)9-18(21-22)20-19(23)17-10-15(12-25-17)11-24-16-7-5-13(2)6-8-16/h5-10,12H,4,11H2,1-3H3,(H,20,21,23). The summed E-state index contributed by atoms with van der Waals surface area (Å²) in [6, 6.07) is 11.6. The van der Waals surface area contributed by atoms with Crippen LogP contribution in [-0.2, 0) is 13.2 Å². The van der Waals surface area contributed by atoms with Gasteiger partial charge in [0.15, 0.2) is 5.82 Å². The summed E-state index contributed by atoms with van der Waals surface area (Å²) in [6.07, 6.45) is 0. The van der Waals surface area contributed by atoms with Gasteiger partial charge in [-0.15, -0.1) is 11.3 Å². The van der Waals surface area contributed by atoms with E-state index < -0.39 is 0 Å². The summed E-state index contributed by atoms with van der Waals surface area (Å²) in [6.45, 7) is 7.25. The average Bonchev–Trinajstić information content (AvgIpc) is 3.21. The number of ether oxygens (including phenoxy) is 1. The Morgan fingerprint density at radius 3 is 2.68 bits per heavy atom. The molecule has 0 saturated carbocycles. The largest absolute Gasteiger partial charge is 0.489 e. The topological polar surface area (TPSA) is 56.2 Å². The van der Waals surface area contributed by atoms with E-state index in [2.05, 4.69) is 10.4 Å². The molecular weight excluding hydrogens is 334 g/mol. The third kappa shape index (κ3) is 4.28. The van der Waals surface area contributed by atoms with Gasteiger partial charge in [-0.2, -0.15) is 5.10 Å². The highest BCUT2D eigenvalue weighted by molar-refractivity contribution is 7.12. The second kappa shape index (κ2) is 7.53. The third-order valence-electron chi connectivity index (χ3n) is 3.83. The van der Waals surface area contributed by atoms with Crippen molar-refractivity contribution in [1.82, 2.24) is 9.78 Å². The first-order chi connectivity index (χ1) is 12.0. The predicted octanol–water partition coefficient (Wildman–Crippen LogP) is 4.41. The van der Waals surface area contributed by atoms with Gasteiger partial charge in [0.05, 0.1) is 4.88 Å². The Balaban J connectivity index is 1.60. The molecule has 25 heavy (non-hydrogen) atoms. The molecule has 3 rings (SSSR count). The van der Waals surface area contributed by atoms with Gasteiger partial charge in [-0.25, -0.2) is 0 Å². The lowest BCUT2D eigenvalue weighted by Crippen LogP contribution is -2.11. The fourth-order valence-electron chi connectivity index (χ4n) is 2.44. The van der Waals surface area contributed by atoms with Crippen LogP contribution in [0.4, 0.5) is 5.82 Å². The zero-order chi connectivity index (χ0) is 17.8. The number of aromatic nitrogens is 2. The first kappa shape index (κ1) is 17.2. The fourth-order valence-corrected chi connectivity index (χ4v) is 3.23. The van der Waals surface area contributed by atoms with E-state index in [0.717, 1.165) is 23.6 Å². The van der Waals surface area contributed by atoms with E-state index in [1.807, 2.05) is 67.2 Å². The highest BCUT2D eigenvalue weighted by Crippen LogP contribution is 2.19. The molecular formula is C19H21N3O2S. The minimum absolute atomic E-state index is 0.146. The van der Waals surface area contributed by atoms with Gasteiger partial charge < -0.3 is 10.1 Å². The molecule has 5 nitrogen and oxygen atoms in total. The Hall–Kier alpha value is -2.60. The van der Waals surface area contributed by atoms with E-state index in [9.17, 15) is 4.79 Å². The van der Waals surface area contributed by atoms with Crippen molar-refractivity contribution < 1.29 is 9.53 Å². The van der Waals surface area contributed by atoms with Gasteiger partial charge >= 0.3 is 0 Å². The Morgan fingerprint density at radius 1 is 1.24 bits per heavy atom. The Morgan fingerprint density at radius 2 is 2.00 bits per heavy atom. The Kier molecular flexibility index (Phi) is 5.19. The molecule has 1 amide bonds. The number of hydrogen-bond donors (Lipinski definition) is 1. The van der Waals surface area contributed by atoms with E-state index >= 15 is 0 Å². The van der Waals surface area contributed by atoms with Crippen LogP contribution in [0.25, 0.3) is 0 Å². The first-order valence-electron chi connectivity index (χ1n) is 8.18. The number of anilines is 1. The molecule has 0 saturated heterocycles. The van der Waals surface area contributed by atoms with Crippen LogP contribution in [0.1, 0.15) is 33.4 Å². The number of carbonyl (C=O) groups excluding carboxylic acids is 1. The number of thiophene rings is 1. The highest BCUT2D eigenvalue weighted by atomic mass is 32.1. The maximum Gasteiger partial charge on any atom is 0.266 e. The number of rotatable bonds is 6. The summed E-state index contributed by atoms with van der Waals surface area (Å²) >= 11 is 1.40. The number of benzene rings is 1. The molecule has 0 unspecified atom stereocenters. The zero-order valence-corrected chi connectivity index (χ0v) is 15.4. The number of amides is 1. The second-order valence-electron chi connectivity index (χ2n) is 5.86. The van der Waals surface area contributed by atoms with Crippen molar-refractivity contribution in [3.05, 3.63) is 63.5 Å². The molecule has 0 aliphatic heterocycles. The molecule has 2 aromatic heterocycles. The molecule has 130 valence electrons. The fraction of sp³-hybridized carbons (Fsp3) is 0.263. The van der Waals surface area contributed by atoms with Crippen LogP contribution >= 0.6 is 11.3 Å². The SMILES string of the molecule is CCn1nc(NC(=O)c2cc(COc3ccc(C)cc3)cs2)cc1C. The van der Waals surface area contributed by atoms with E-state index in [0.29, 0.717) is 17.3 Å². The van der Waals surface area contributed by atoms with Crippen LogP contribution in [-0.4, -0.2) is 15.7 Å². The van der Waals surface area contributed by atoms with Crippen molar-refractivity contribution in [1.29, 1.82) is 0 Å². The number of nitrogens with zero attached hydrogens (tertiary/aromatic N) is 2. The van der Waals surface area contributed by atoms with Crippen molar-refractivity contribution >= 4 is 23.1 Å². The van der Waals surface area contributed by atoms with Gasteiger partial charge in [-0.05, 0) is 44.4 Å². The van der Waals surface area contributed by atoms with Gasteiger partial charge in [0.1, 0.15) is 12.4 Å². The molecule has 6 heteroatoms. The summed E-state index contributed by atoms with van der Waals surface area (Å²) in [7, 11) is 0. The third-order valence-corrected chi connectivity index (χ3v) is 4.80. The molecule has 0 bridgehead atoms. The van der Waals surface area contributed by atoms with Crippen LogP contribution in [0.2, 0.25) is 0 Å². The van der Waals surface area contributed by atoms with Crippen molar-refractivity contribution in [2.45, 2.75) is 33.9 Å². The van der Waals surface area contributed by atoms with Crippen LogP contribution in [0.5, 0.6) is 5.75 Å². The molecule has 1 N–H and O–H groups in total. The number of aryl methyl sites for hydroxylation is 3.